The number of sulfone groups is 1. The number of benzene rings is 1. The fraction of sp³-hybridized carbons (Fsp3) is 0.154. The molecular weight excluding hydrogens is 292 g/mol. The van der Waals surface area contributed by atoms with Crippen LogP contribution in [0.3, 0.4) is 0 Å². The number of aromatic nitrogens is 3. The van der Waals surface area contributed by atoms with Crippen molar-refractivity contribution in [3.8, 4) is 0 Å². The highest BCUT2D eigenvalue weighted by Crippen LogP contribution is 2.10. The van der Waals surface area contributed by atoms with E-state index in [4.69, 9.17) is 0 Å². The van der Waals surface area contributed by atoms with E-state index in [9.17, 15) is 13.2 Å². The van der Waals surface area contributed by atoms with Gasteiger partial charge in [-0.15, -0.1) is 0 Å². The first-order valence-electron chi connectivity index (χ1n) is 6.18. The zero-order valence-electron chi connectivity index (χ0n) is 11.1. The number of rotatable bonds is 6. The van der Waals surface area contributed by atoms with Gasteiger partial charge >= 0.3 is 0 Å². The number of aromatic amines is 1. The summed E-state index contributed by atoms with van der Waals surface area (Å²) in [7, 11) is -3.59. The largest absolute Gasteiger partial charge is 0.352 e. The molecule has 1 aromatic carbocycles. The number of carbonyl (C=O) groups excluding carboxylic acids is 1. The Morgan fingerprint density at radius 2 is 2.05 bits per heavy atom. The average molecular weight is 306 g/mol. The Morgan fingerprint density at radius 1 is 1.29 bits per heavy atom. The van der Waals surface area contributed by atoms with Crippen molar-refractivity contribution in [3.63, 3.8) is 0 Å². The number of carbonyl (C=O) groups is 1. The van der Waals surface area contributed by atoms with Gasteiger partial charge in [0.25, 0.3) is 0 Å². The second-order valence-corrected chi connectivity index (χ2v) is 5.97. The number of nitrogens with zero attached hydrogens (tertiary/aromatic N) is 2. The number of amides is 1. The third-order valence-electron chi connectivity index (χ3n) is 2.60. The number of H-pyrrole nitrogens is 1. The predicted octanol–water partition coefficient (Wildman–Crippen LogP) is 0.451. The van der Waals surface area contributed by atoms with Gasteiger partial charge < -0.3 is 5.32 Å². The third-order valence-corrected chi connectivity index (χ3v) is 4.02. The van der Waals surface area contributed by atoms with E-state index in [1.165, 1.54) is 18.5 Å². The van der Waals surface area contributed by atoms with Crippen LogP contribution in [0.25, 0.3) is 0 Å². The van der Waals surface area contributed by atoms with Crippen molar-refractivity contribution in [3.05, 3.63) is 54.0 Å². The van der Waals surface area contributed by atoms with E-state index in [0.717, 1.165) is 11.5 Å². The van der Waals surface area contributed by atoms with Crippen LogP contribution in [0.15, 0.2) is 53.0 Å². The van der Waals surface area contributed by atoms with Crippen molar-refractivity contribution in [2.24, 2.45) is 0 Å². The summed E-state index contributed by atoms with van der Waals surface area (Å²) >= 11 is 0. The molecule has 21 heavy (non-hydrogen) atoms. The lowest BCUT2D eigenvalue weighted by Crippen LogP contribution is -2.24. The molecule has 0 spiro atoms. The molecule has 0 bridgehead atoms. The predicted molar refractivity (Wildman–Crippen MR) is 75.9 cm³/mol. The minimum atomic E-state index is -3.59. The van der Waals surface area contributed by atoms with Crippen molar-refractivity contribution in [2.45, 2.75) is 11.3 Å². The van der Waals surface area contributed by atoms with Gasteiger partial charge in [0.15, 0.2) is 9.84 Å². The summed E-state index contributed by atoms with van der Waals surface area (Å²) in [6.45, 7) is 0.337. The van der Waals surface area contributed by atoms with Crippen molar-refractivity contribution >= 4 is 15.7 Å². The van der Waals surface area contributed by atoms with Gasteiger partial charge in [-0.05, 0) is 12.1 Å². The minimum Gasteiger partial charge on any atom is -0.352 e. The first-order chi connectivity index (χ1) is 10.1. The molecule has 1 aromatic heterocycles. The zero-order chi connectivity index (χ0) is 15.1. The lowest BCUT2D eigenvalue weighted by atomic mass is 10.4. The smallest absolute Gasteiger partial charge is 0.244 e. The summed E-state index contributed by atoms with van der Waals surface area (Å²) < 4.78 is 23.8. The van der Waals surface area contributed by atoms with Gasteiger partial charge in [0.2, 0.25) is 5.91 Å². The van der Waals surface area contributed by atoms with Gasteiger partial charge in [0.1, 0.15) is 12.2 Å². The van der Waals surface area contributed by atoms with Crippen LogP contribution in [0.2, 0.25) is 0 Å². The van der Waals surface area contributed by atoms with E-state index in [0.29, 0.717) is 18.8 Å². The topological polar surface area (TPSA) is 105 Å². The van der Waals surface area contributed by atoms with Crippen LogP contribution in [0.1, 0.15) is 5.82 Å². The summed E-state index contributed by atoms with van der Waals surface area (Å²) in [4.78, 5) is 15.6. The molecule has 0 atom stereocenters. The van der Waals surface area contributed by atoms with Gasteiger partial charge in [-0.25, -0.2) is 13.4 Å². The lowest BCUT2D eigenvalue weighted by molar-refractivity contribution is -0.116. The molecule has 1 heterocycles. The Hall–Kier alpha value is -2.48. The molecule has 2 N–H and O–H groups in total. The lowest BCUT2D eigenvalue weighted by Gasteiger charge is -2.00. The quantitative estimate of drug-likeness (QED) is 0.754. The summed E-state index contributed by atoms with van der Waals surface area (Å²) in [6.07, 6.45) is 2.87. The standard InChI is InChI=1S/C13H14N4O3S/c18-13(14-8-6-12-15-10-16-17-12)7-9-21(19,20)11-4-2-1-3-5-11/h1-5,7,9-10H,6,8H2,(H,14,18)(H,15,16,17). The van der Waals surface area contributed by atoms with Gasteiger partial charge in [-0.1, -0.05) is 18.2 Å². The van der Waals surface area contributed by atoms with Crippen LogP contribution in [0.4, 0.5) is 0 Å². The maximum Gasteiger partial charge on any atom is 0.244 e. The Labute approximate surface area is 122 Å². The minimum absolute atomic E-state index is 0.149. The van der Waals surface area contributed by atoms with Gasteiger partial charge in [0.05, 0.1) is 4.90 Å². The Bertz CT molecular complexity index is 709. The summed E-state index contributed by atoms with van der Waals surface area (Å²) in [5, 5.41) is 9.80. The molecule has 110 valence electrons. The highest BCUT2D eigenvalue weighted by atomic mass is 32.2. The first-order valence-corrected chi connectivity index (χ1v) is 7.73. The fourth-order valence-corrected chi connectivity index (χ4v) is 2.55. The molecule has 0 saturated heterocycles. The normalized spacial score (nSPS) is 11.6. The van der Waals surface area contributed by atoms with Crippen LogP contribution in [-0.2, 0) is 21.1 Å². The average Bonchev–Trinajstić information content (AvgIpc) is 2.99. The second kappa shape index (κ2) is 6.80. The van der Waals surface area contributed by atoms with Crippen LogP contribution < -0.4 is 5.32 Å². The van der Waals surface area contributed by atoms with E-state index in [1.807, 2.05) is 0 Å². The zero-order valence-corrected chi connectivity index (χ0v) is 11.9. The number of nitrogens with one attached hydrogen (secondary N) is 2. The van der Waals surface area contributed by atoms with Crippen LogP contribution in [0.5, 0.6) is 0 Å². The Balaban J connectivity index is 1.87. The highest BCUT2D eigenvalue weighted by molar-refractivity contribution is 7.94. The van der Waals surface area contributed by atoms with E-state index in [1.54, 1.807) is 18.2 Å². The van der Waals surface area contributed by atoms with Crippen LogP contribution in [0, 0.1) is 0 Å². The molecule has 0 aliphatic heterocycles. The molecule has 1 amide bonds. The molecule has 0 saturated carbocycles. The SMILES string of the molecule is O=C(C=CS(=O)(=O)c1ccccc1)NCCc1ncn[nH]1. The maximum atomic E-state index is 11.9. The summed E-state index contributed by atoms with van der Waals surface area (Å²) in [5.41, 5.74) is 0. The van der Waals surface area contributed by atoms with Gasteiger partial charge in [0, 0.05) is 24.4 Å². The molecule has 2 aromatic rings. The molecule has 8 heteroatoms. The molecule has 0 unspecified atom stereocenters. The maximum absolute atomic E-state index is 11.9. The highest BCUT2D eigenvalue weighted by Gasteiger charge is 2.09. The van der Waals surface area contributed by atoms with E-state index < -0.39 is 15.7 Å². The van der Waals surface area contributed by atoms with Crippen molar-refractivity contribution in [1.29, 1.82) is 0 Å². The van der Waals surface area contributed by atoms with E-state index >= 15 is 0 Å². The fourth-order valence-electron chi connectivity index (χ4n) is 1.55. The van der Waals surface area contributed by atoms with Crippen molar-refractivity contribution in [2.75, 3.05) is 6.54 Å². The number of hydrogen-bond donors (Lipinski definition) is 2. The molecule has 0 fully saturated rings. The van der Waals surface area contributed by atoms with E-state index in [-0.39, 0.29) is 4.90 Å². The monoisotopic (exact) mass is 306 g/mol. The number of hydrogen-bond acceptors (Lipinski definition) is 5. The summed E-state index contributed by atoms with van der Waals surface area (Å²) in [6, 6.07) is 7.91. The molecule has 0 aliphatic carbocycles. The van der Waals surface area contributed by atoms with Gasteiger partial charge in [-0.2, -0.15) is 5.10 Å². The van der Waals surface area contributed by atoms with Crippen LogP contribution in [-0.4, -0.2) is 36.1 Å². The van der Waals surface area contributed by atoms with Crippen molar-refractivity contribution in [1.82, 2.24) is 20.5 Å². The third kappa shape index (κ3) is 4.53. The molecule has 0 radical (unpaired) electrons. The van der Waals surface area contributed by atoms with Crippen molar-refractivity contribution < 1.29 is 13.2 Å². The Kier molecular flexibility index (Phi) is 4.83. The van der Waals surface area contributed by atoms with E-state index in [2.05, 4.69) is 20.5 Å². The van der Waals surface area contributed by atoms with Crippen LogP contribution >= 0.6 is 0 Å². The molecule has 7 nitrogen and oxygen atoms in total. The molecule has 0 aliphatic rings. The second-order valence-electron chi connectivity index (χ2n) is 4.13. The molecular formula is C13H14N4O3S. The first kappa shape index (κ1) is 14.9. The summed E-state index contributed by atoms with van der Waals surface area (Å²) in [5.74, 6) is 0.171. The van der Waals surface area contributed by atoms with Gasteiger partial charge in [-0.3, -0.25) is 9.89 Å². The Morgan fingerprint density at radius 3 is 2.71 bits per heavy atom. The molecule has 2 rings (SSSR count).